The molecule has 98 valence electrons. The van der Waals surface area contributed by atoms with E-state index in [-0.39, 0.29) is 27.1 Å². The van der Waals surface area contributed by atoms with Gasteiger partial charge in [-0.3, -0.25) is 0 Å². The molecule has 3 rings (SSSR count). The summed E-state index contributed by atoms with van der Waals surface area (Å²) < 4.78 is 31.4. The lowest BCUT2D eigenvalue weighted by Gasteiger charge is -2.03. The summed E-state index contributed by atoms with van der Waals surface area (Å²) in [6.07, 6.45) is -2.64. The SMILES string of the molecule is Cc1cc(C(F)F)c2c(n1)sc1c(=O)oc(C)nc12. The van der Waals surface area contributed by atoms with E-state index >= 15 is 0 Å². The second kappa shape index (κ2) is 4.06. The molecule has 0 N–H and O–H groups in total. The van der Waals surface area contributed by atoms with Crippen LogP contribution in [0.5, 0.6) is 0 Å². The largest absolute Gasteiger partial charge is 0.408 e. The van der Waals surface area contributed by atoms with Crippen LogP contribution in [-0.2, 0) is 0 Å². The predicted octanol–water partition coefficient (Wildman–Crippen LogP) is 3.35. The highest BCUT2D eigenvalue weighted by Gasteiger charge is 2.20. The van der Waals surface area contributed by atoms with Gasteiger partial charge in [0.15, 0.2) is 5.89 Å². The molecular weight excluding hydrogens is 274 g/mol. The highest BCUT2D eigenvalue weighted by atomic mass is 32.1. The number of alkyl halides is 2. The van der Waals surface area contributed by atoms with Crippen LogP contribution >= 0.6 is 11.3 Å². The molecular formula is C12H8F2N2O2S. The van der Waals surface area contributed by atoms with E-state index in [4.69, 9.17) is 4.42 Å². The Hall–Kier alpha value is -1.89. The number of rotatable bonds is 1. The molecule has 3 aromatic rings. The normalized spacial score (nSPS) is 11.8. The van der Waals surface area contributed by atoms with E-state index in [9.17, 15) is 13.6 Å². The Bertz CT molecular complexity index is 854. The van der Waals surface area contributed by atoms with Crippen LogP contribution in [0.1, 0.15) is 23.6 Å². The van der Waals surface area contributed by atoms with Gasteiger partial charge in [0.1, 0.15) is 15.0 Å². The number of aromatic nitrogens is 2. The lowest BCUT2D eigenvalue weighted by atomic mass is 10.1. The molecule has 0 fully saturated rings. The Labute approximate surface area is 109 Å². The Morgan fingerprint density at radius 1 is 1.32 bits per heavy atom. The molecule has 0 bridgehead atoms. The maximum Gasteiger partial charge on any atom is 0.357 e. The number of halogens is 2. The summed E-state index contributed by atoms with van der Waals surface area (Å²) in [7, 11) is 0. The van der Waals surface area contributed by atoms with E-state index in [1.54, 1.807) is 6.92 Å². The van der Waals surface area contributed by atoms with Gasteiger partial charge in [-0.05, 0) is 13.0 Å². The van der Waals surface area contributed by atoms with Gasteiger partial charge in [-0.2, -0.15) is 0 Å². The summed E-state index contributed by atoms with van der Waals surface area (Å²) in [5.74, 6) is 0.151. The first-order valence-electron chi connectivity index (χ1n) is 5.47. The molecule has 0 aromatic carbocycles. The molecule has 4 nitrogen and oxygen atoms in total. The van der Waals surface area contributed by atoms with Crippen LogP contribution in [0.25, 0.3) is 20.4 Å². The number of hydrogen-bond donors (Lipinski definition) is 0. The zero-order chi connectivity index (χ0) is 13.7. The highest BCUT2D eigenvalue weighted by Crippen LogP contribution is 2.36. The fraction of sp³-hybridized carbons (Fsp3) is 0.250. The molecule has 0 saturated carbocycles. The summed E-state index contributed by atoms with van der Waals surface area (Å²) in [4.78, 5) is 20.4. The van der Waals surface area contributed by atoms with Crippen molar-refractivity contribution in [1.82, 2.24) is 9.97 Å². The molecule has 19 heavy (non-hydrogen) atoms. The average Bonchev–Trinajstić information content (AvgIpc) is 2.66. The third-order valence-electron chi connectivity index (χ3n) is 2.73. The summed E-state index contributed by atoms with van der Waals surface area (Å²) >= 11 is 1.03. The first kappa shape index (κ1) is 12.2. The molecule has 0 amide bonds. The van der Waals surface area contributed by atoms with Crippen molar-refractivity contribution in [1.29, 1.82) is 0 Å². The zero-order valence-electron chi connectivity index (χ0n) is 10.0. The molecule has 0 spiro atoms. The smallest absolute Gasteiger partial charge is 0.357 e. The Balaban J connectivity index is 2.60. The first-order chi connectivity index (χ1) is 8.97. The average molecular weight is 282 g/mol. The van der Waals surface area contributed by atoms with Crippen molar-refractivity contribution in [2.45, 2.75) is 20.3 Å². The highest BCUT2D eigenvalue weighted by molar-refractivity contribution is 7.25. The number of hydrogen-bond acceptors (Lipinski definition) is 5. The second-order valence-electron chi connectivity index (χ2n) is 4.13. The van der Waals surface area contributed by atoms with E-state index in [1.165, 1.54) is 13.0 Å². The third-order valence-corrected chi connectivity index (χ3v) is 3.78. The first-order valence-corrected chi connectivity index (χ1v) is 6.28. The van der Waals surface area contributed by atoms with Crippen LogP contribution in [0.3, 0.4) is 0 Å². The molecule has 0 aliphatic carbocycles. The van der Waals surface area contributed by atoms with Gasteiger partial charge < -0.3 is 4.42 Å². The summed E-state index contributed by atoms with van der Waals surface area (Å²) in [5, 5.41) is 0.247. The summed E-state index contributed by atoms with van der Waals surface area (Å²) in [6, 6.07) is 1.32. The number of fused-ring (bicyclic) bond motifs is 3. The van der Waals surface area contributed by atoms with Crippen molar-refractivity contribution in [3.05, 3.63) is 33.6 Å². The number of pyridine rings is 1. The van der Waals surface area contributed by atoms with Gasteiger partial charge in [0.25, 0.3) is 6.43 Å². The second-order valence-corrected chi connectivity index (χ2v) is 5.13. The van der Waals surface area contributed by atoms with Crippen LogP contribution in [0.15, 0.2) is 15.3 Å². The van der Waals surface area contributed by atoms with E-state index in [0.29, 0.717) is 10.5 Å². The van der Waals surface area contributed by atoms with Crippen LogP contribution in [-0.4, -0.2) is 9.97 Å². The van der Waals surface area contributed by atoms with E-state index in [0.717, 1.165) is 11.3 Å². The van der Waals surface area contributed by atoms with E-state index in [1.807, 2.05) is 0 Å². The zero-order valence-corrected chi connectivity index (χ0v) is 10.8. The third kappa shape index (κ3) is 1.81. The molecule has 7 heteroatoms. The Kier molecular flexibility index (Phi) is 2.60. The van der Waals surface area contributed by atoms with Crippen molar-refractivity contribution >= 4 is 31.8 Å². The predicted molar refractivity (Wildman–Crippen MR) is 67.9 cm³/mol. The lowest BCUT2D eigenvalue weighted by molar-refractivity contribution is 0.153. The van der Waals surface area contributed by atoms with Crippen molar-refractivity contribution in [2.24, 2.45) is 0 Å². The molecule has 0 atom stereocenters. The van der Waals surface area contributed by atoms with Crippen LogP contribution in [0, 0.1) is 13.8 Å². The number of aryl methyl sites for hydroxylation is 2. The fourth-order valence-electron chi connectivity index (χ4n) is 2.02. The molecule has 0 radical (unpaired) electrons. The fourth-order valence-corrected chi connectivity index (χ4v) is 3.09. The van der Waals surface area contributed by atoms with Gasteiger partial charge in [0.05, 0.1) is 0 Å². The molecule has 3 heterocycles. The van der Waals surface area contributed by atoms with Crippen LogP contribution in [0.2, 0.25) is 0 Å². The van der Waals surface area contributed by atoms with Crippen molar-refractivity contribution in [3.8, 4) is 0 Å². The summed E-state index contributed by atoms with van der Waals surface area (Å²) in [5.41, 5.74) is 0.0154. The Morgan fingerprint density at radius 2 is 2.05 bits per heavy atom. The van der Waals surface area contributed by atoms with Gasteiger partial charge in [-0.15, -0.1) is 11.3 Å². The van der Waals surface area contributed by atoms with Gasteiger partial charge in [-0.1, -0.05) is 0 Å². The molecule has 0 saturated heterocycles. The minimum atomic E-state index is -2.64. The topological polar surface area (TPSA) is 56.0 Å². The molecule has 0 aliphatic rings. The van der Waals surface area contributed by atoms with Gasteiger partial charge in [-0.25, -0.2) is 23.5 Å². The van der Waals surface area contributed by atoms with Gasteiger partial charge in [0, 0.05) is 23.6 Å². The lowest BCUT2D eigenvalue weighted by Crippen LogP contribution is -2.00. The Morgan fingerprint density at radius 3 is 2.74 bits per heavy atom. The minimum Gasteiger partial charge on any atom is -0.408 e. The van der Waals surface area contributed by atoms with Crippen molar-refractivity contribution in [2.75, 3.05) is 0 Å². The maximum atomic E-state index is 13.1. The quantitative estimate of drug-likeness (QED) is 0.686. The minimum absolute atomic E-state index is 0.147. The van der Waals surface area contributed by atoms with Crippen LogP contribution in [0.4, 0.5) is 8.78 Å². The van der Waals surface area contributed by atoms with Crippen LogP contribution < -0.4 is 5.63 Å². The van der Waals surface area contributed by atoms with Gasteiger partial charge >= 0.3 is 5.63 Å². The standard InChI is InChI=1S/C12H8F2N2O2S/c1-4-3-6(10(13)14)7-8-9(19-11(7)15-4)12(17)18-5(2)16-8/h3,10H,1-2H3. The van der Waals surface area contributed by atoms with Crippen molar-refractivity contribution in [3.63, 3.8) is 0 Å². The number of nitrogens with zero attached hydrogens (tertiary/aromatic N) is 2. The summed E-state index contributed by atoms with van der Waals surface area (Å²) in [6.45, 7) is 3.14. The maximum absolute atomic E-state index is 13.1. The molecule has 0 unspecified atom stereocenters. The monoisotopic (exact) mass is 282 g/mol. The van der Waals surface area contributed by atoms with E-state index < -0.39 is 12.1 Å². The molecule has 0 aliphatic heterocycles. The number of thiophene rings is 1. The van der Waals surface area contributed by atoms with E-state index in [2.05, 4.69) is 9.97 Å². The molecule has 3 aromatic heterocycles. The van der Waals surface area contributed by atoms with Crippen molar-refractivity contribution < 1.29 is 13.2 Å². The van der Waals surface area contributed by atoms with Gasteiger partial charge in [0.2, 0.25) is 0 Å².